The lowest BCUT2D eigenvalue weighted by Gasteiger charge is -2.15. The van der Waals surface area contributed by atoms with Crippen molar-refractivity contribution >= 4 is 9.84 Å². The second-order valence-corrected chi connectivity index (χ2v) is 7.41. The van der Waals surface area contributed by atoms with Crippen LogP contribution in [0.2, 0.25) is 0 Å². The average Bonchev–Trinajstić information content (AvgIpc) is 2.93. The summed E-state index contributed by atoms with van der Waals surface area (Å²) in [6.07, 6.45) is 0.946. The Morgan fingerprint density at radius 1 is 1.30 bits per heavy atom. The third kappa shape index (κ3) is 3.79. The Balaban J connectivity index is 1.93. The molecule has 5 nitrogen and oxygen atoms in total. The van der Waals surface area contributed by atoms with E-state index in [1.54, 1.807) is 24.3 Å². The molecule has 1 fully saturated rings. The molecule has 20 heavy (non-hydrogen) atoms. The van der Waals surface area contributed by atoms with Gasteiger partial charge in [0.15, 0.2) is 9.84 Å². The number of hydrogen-bond donors (Lipinski definition) is 2. The first-order chi connectivity index (χ1) is 9.55. The van der Waals surface area contributed by atoms with Crippen LogP contribution >= 0.6 is 0 Å². The minimum absolute atomic E-state index is 0.118. The number of likely N-dealkylation sites (tertiary alicyclic amines) is 1. The van der Waals surface area contributed by atoms with Gasteiger partial charge in [-0.25, -0.2) is 8.42 Å². The molecular weight excluding hydrogens is 276 g/mol. The highest BCUT2D eigenvalue weighted by atomic mass is 32.2. The quantitative estimate of drug-likeness (QED) is 0.785. The number of aliphatic hydroxyl groups excluding tert-OH is 1. The standard InChI is InChI=1S/C14H22N2O3S/c15-9-12-1-3-14(4-2-12)20(18,19)8-7-16-6-5-13(10-16)11-17/h1-4,13,17H,5-11,15H2. The lowest BCUT2D eigenvalue weighted by atomic mass is 10.1. The van der Waals surface area contributed by atoms with Crippen molar-refractivity contribution in [2.45, 2.75) is 17.9 Å². The Labute approximate surface area is 120 Å². The molecule has 1 saturated heterocycles. The SMILES string of the molecule is NCc1ccc(S(=O)(=O)CCN2CCC(CO)C2)cc1. The Hall–Kier alpha value is -0.950. The van der Waals surface area contributed by atoms with Crippen molar-refractivity contribution in [3.8, 4) is 0 Å². The van der Waals surface area contributed by atoms with Gasteiger partial charge >= 0.3 is 0 Å². The first-order valence-electron chi connectivity index (χ1n) is 6.90. The Kier molecular flexibility index (Phi) is 5.15. The Morgan fingerprint density at radius 2 is 2.00 bits per heavy atom. The Morgan fingerprint density at radius 3 is 2.55 bits per heavy atom. The van der Waals surface area contributed by atoms with Crippen LogP contribution in [0.15, 0.2) is 29.2 Å². The van der Waals surface area contributed by atoms with Crippen LogP contribution < -0.4 is 5.73 Å². The molecule has 1 unspecified atom stereocenters. The number of sulfone groups is 1. The smallest absolute Gasteiger partial charge is 0.179 e. The Bertz CT molecular complexity index is 528. The van der Waals surface area contributed by atoms with E-state index in [0.717, 1.165) is 25.1 Å². The van der Waals surface area contributed by atoms with Gasteiger partial charge in [-0.3, -0.25) is 0 Å². The number of benzene rings is 1. The molecular formula is C14H22N2O3S. The van der Waals surface area contributed by atoms with Gasteiger partial charge in [-0.2, -0.15) is 0 Å². The van der Waals surface area contributed by atoms with Gasteiger partial charge in [0.05, 0.1) is 10.6 Å². The van der Waals surface area contributed by atoms with Crippen molar-refractivity contribution in [2.24, 2.45) is 11.7 Å². The number of nitrogens with two attached hydrogens (primary N) is 1. The fraction of sp³-hybridized carbons (Fsp3) is 0.571. The minimum atomic E-state index is -3.24. The van der Waals surface area contributed by atoms with Gasteiger partial charge in [0.25, 0.3) is 0 Å². The molecule has 6 heteroatoms. The highest BCUT2D eigenvalue weighted by molar-refractivity contribution is 7.91. The van der Waals surface area contributed by atoms with E-state index in [4.69, 9.17) is 10.8 Å². The molecule has 1 aliphatic rings. The molecule has 1 heterocycles. The van der Waals surface area contributed by atoms with Crippen molar-refractivity contribution in [3.05, 3.63) is 29.8 Å². The first kappa shape index (κ1) is 15.4. The summed E-state index contributed by atoms with van der Waals surface area (Å²) in [5, 5.41) is 9.08. The molecule has 0 aliphatic carbocycles. The summed E-state index contributed by atoms with van der Waals surface area (Å²) >= 11 is 0. The fourth-order valence-corrected chi connectivity index (χ4v) is 3.75. The van der Waals surface area contributed by atoms with Crippen molar-refractivity contribution < 1.29 is 13.5 Å². The van der Waals surface area contributed by atoms with Crippen molar-refractivity contribution in [2.75, 3.05) is 32.0 Å². The van der Waals surface area contributed by atoms with E-state index in [9.17, 15) is 8.42 Å². The average molecular weight is 298 g/mol. The van der Waals surface area contributed by atoms with Gasteiger partial charge in [-0.05, 0) is 36.6 Å². The van der Waals surface area contributed by atoms with Crippen molar-refractivity contribution in [1.82, 2.24) is 4.90 Å². The van der Waals surface area contributed by atoms with E-state index in [1.165, 1.54) is 0 Å². The molecule has 1 atom stereocenters. The highest BCUT2D eigenvalue weighted by Gasteiger charge is 2.23. The third-order valence-electron chi connectivity index (χ3n) is 3.82. The molecule has 1 aromatic carbocycles. The molecule has 0 aromatic heterocycles. The summed E-state index contributed by atoms with van der Waals surface area (Å²) in [4.78, 5) is 2.46. The zero-order valence-electron chi connectivity index (χ0n) is 11.5. The first-order valence-corrected chi connectivity index (χ1v) is 8.55. The van der Waals surface area contributed by atoms with Crippen molar-refractivity contribution in [1.29, 1.82) is 0 Å². The van der Waals surface area contributed by atoms with E-state index < -0.39 is 9.84 Å². The number of nitrogens with zero attached hydrogens (tertiary/aromatic N) is 1. The largest absolute Gasteiger partial charge is 0.396 e. The van der Waals surface area contributed by atoms with Gasteiger partial charge < -0.3 is 15.7 Å². The topological polar surface area (TPSA) is 83.6 Å². The third-order valence-corrected chi connectivity index (χ3v) is 5.53. The predicted octanol–water partition coefficient (Wildman–Crippen LogP) is 0.233. The van der Waals surface area contributed by atoms with Crippen LogP contribution in [0.1, 0.15) is 12.0 Å². The summed E-state index contributed by atoms with van der Waals surface area (Å²) in [6, 6.07) is 6.76. The van der Waals surface area contributed by atoms with E-state index >= 15 is 0 Å². The highest BCUT2D eigenvalue weighted by Crippen LogP contribution is 2.17. The van der Waals surface area contributed by atoms with Gasteiger partial charge in [0, 0.05) is 26.2 Å². The van der Waals surface area contributed by atoms with Crippen LogP contribution in [0.3, 0.4) is 0 Å². The molecule has 112 valence electrons. The predicted molar refractivity (Wildman–Crippen MR) is 78.0 cm³/mol. The lowest BCUT2D eigenvalue weighted by molar-refractivity contribution is 0.224. The lowest BCUT2D eigenvalue weighted by Crippen LogP contribution is -2.28. The maximum atomic E-state index is 12.2. The summed E-state index contributed by atoms with van der Waals surface area (Å²) in [7, 11) is -3.24. The number of aliphatic hydroxyl groups is 1. The number of hydrogen-bond acceptors (Lipinski definition) is 5. The van der Waals surface area contributed by atoms with E-state index in [2.05, 4.69) is 4.90 Å². The van der Waals surface area contributed by atoms with Gasteiger partial charge in [-0.15, -0.1) is 0 Å². The van der Waals surface area contributed by atoms with E-state index in [1.807, 2.05) is 0 Å². The molecule has 0 spiro atoms. The summed E-state index contributed by atoms with van der Waals surface area (Å²) in [5.74, 6) is 0.411. The van der Waals surface area contributed by atoms with Crippen LogP contribution in [0, 0.1) is 5.92 Å². The summed E-state index contributed by atoms with van der Waals surface area (Å²) in [6.45, 7) is 2.78. The van der Waals surface area contributed by atoms with E-state index in [0.29, 0.717) is 23.9 Å². The molecule has 1 aliphatic heterocycles. The monoisotopic (exact) mass is 298 g/mol. The summed E-state index contributed by atoms with van der Waals surface area (Å²) < 4.78 is 24.5. The van der Waals surface area contributed by atoms with Gasteiger partial charge in [-0.1, -0.05) is 12.1 Å². The van der Waals surface area contributed by atoms with Crippen LogP contribution in [-0.2, 0) is 16.4 Å². The molecule has 1 aromatic rings. The molecule has 0 saturated carbocycles. The zero-order chi connectivity index (χ0) is 14.6. The normalized spacial score (nSPS) is 20.4. The molecule has 0 radical (unpaired) electrons. The number of rotatable bonds is 6. The van der Waals surface area contributed by atoms with Crippen molar-refractivity contribution in [3.63, 3.8) is 0 Å². The summed E-state index contributed by atoms with van der Waals surface area (Å²) in [5.41, 5.74) is 6.43. The molecule has 3 N–H and O–H groups in total. The van der Waals surface area contributed by atoms with Crippen LogP contribution in [0.4, 0.5) is 0 Å². The molecule has 0 bridgehead atoms. The maximum Gasteiger partial charge on any atom is 0.179 e. The molecule has 2 rings (SSSR count). The zero-order valence-corrected chi connectivity index (χ0v) is 12.3. The maximum absolute atomic E-state index is 12.2. The fourth-order valence-electron chi connectivity index (χ4n) is 2.46. The van der Waals surface area contributed by atoms with Crippen LogP contribution in [0.25, 0.3) is 0 Å². The van der Waals surface area contributed by atoms with Gasteiger partial charge in [0.1, 0.15) is 0 Å². The second kappa shape index (κ2) is 6.67. The second-order valence-electron chi connectivity index (χ2n) is 5.30. The van der Waals surface area contributed by atoms with E-state index in [-0.39, 0.29) is 12.4 Å². The molecule has 0 amide bonds. The van der Waals surface area contributed by atoms with Crippen LogP contribution in [-0.4, -0.2) is 50.4 Å². The van der Waals surface area contributed by atoms with Crippen LogP contribution in [0.5, 0.6) is 0 Å². The minimum Gasteiger partial charge on any atom is -0.396 e. The van der Waals surface area contributed by atoms with Gasteiger partial charge in [0.2, 0.25) is 0 Å².